The summed E-state index contributed by atoms with van der Waals surface area (Å²) in [6.07, 6.45) is 0. The number of hydrogen-bond donors (Lipinski definition) is 1. The van der Waals surface area contributed by atoms with Crippen molar-refractivity contribution in [3.8, 4) is 0 Å². The molecule has 2 aromatic rings. The van der Waals surface area contributed by atoms with Crippen LogP contribution in [-0.4, -0.2) is 6.54 Å². The third kappa shape index (κ3) is 3.28. The van der Waals surface area contributed by atoms with E-state index < -0.39 is 0 Å². The Balaban J connectivity index is 2.26. The van der Waals surface area contributed by atoms with Crippen molar-refractivity contribution < 1.29 is 0 Å². The Morgan fingerprint density at radius 1 is 1.05 bits per heavy atom. The molecular formula is C17H22N2. The van der Waals surface area contributed by atoms with Crippen LogP contribution in [0.3, 0.4) is 0 Å². The lowest BCUT2D eigenvalue weighted by atomic mass is 10.1. The molecule has 0 radical (unpaired) electrons. The van der Waals surface area contributed by atoms with Crippen LogP contribution >= 0.6 is 0 Å². The number of nitrogens with zero attached hydrogens (tertiary/aromatic N) is 1. The molecule has 0 fully saturated rings. The SMILES string of the molecule is CCN(Cc1cc(N)ccc1C)c1cccc(C)c1. The minimum absolute atomic E-state index is 0.834. The minimum Gasteiger partial charge on any atom is -0.399 e. The molecule has 2 heteroatoms. The fourth-order valence-electron chi connectivity index (χ4n) is 2.28. The Morgan fingerprint density at radius 2 is 1.84 bits per heavy atom. The average molecular weight is 254 g/mol. The summed E-state index contributed by atoms with van der Waals surface area (Å²) in [4.78, 5) is 2.37. The second kappa shape index (κ2) is 5.79. The molecule has 0 aliphatic carbocycles. The molecule has 2 rings (SSSR count). The lowest BCUT2D eigenvalue weighted by Gasteiger charge is -2.24. The summed E-state index contributed by atoms with van der Waals surface area (Å²) >= 11 is 0. The smallest absolute Gasteiger partial charge is 0.0432 e. The third-order valence-corrected chi connectivity index (χ3v) is 3.48. The summed E-state index contributed by atoms with van der Waals surface area (Å²) in [5, 5.41) is 0. The van der Waals surface area contributed by atoms with Gasteiger partial charge in [0.05, 0.1) is 0 Å². The maximum absolute atomic E-state index is 5.89. The molecule has 0 saturated heterocycles. The van der Waals surface area contributed by atoms with E-state index in [1.165, 1.54) is 22.4 Å². The Bertz CT molecular complexity index is 561. The molecule has 0 aliphatic rings. The number of hydrogen-bond acceptors (Lipinski definition) is 2. The molecule has 0 aliphatic heterocycles. The summed E-state index contributed by atoms with van der Waals surface area (Å²) in [5.41, 5.74) is 11.9. The van der Waals surface area contributed by atoms with Gasteiger partial charge in [-0.15, -0.1) is 0 Å². The first-order valence-corrected chi connectivity index (χ1v) is 6.76. The van der Waals surface area contributed by atoms with Crippen LogP contribution in [-0.2, 0) is 6.54 Å². The van der Waals surface area contributed by atoms with Crippen molar-refractivity contribution in [2.24, 2.45) is 0 Å². The monoisotopic (exact) mass is 254 g/mol. The molecule has 0 spiro atoms. The number of nitrogen functional groups attached to an aromatic ring is 1. The second-order valence-electron chi connectivity index (χ2n) is 5.04. The predicted octanol–water partition coefficient (Wildman–Crippen LogP) is 3.91. The van der Waals surface area contributed by atoms with Crippen LogP contribution in [0.25, 0.3) is 0 Å². The molecule has 2 aromatic carbocycles. The van der Waals surface area contributed by atoms with Gasteiger partial charge in [-0.05, 0) is 61.7 Å². The summed E-state index contributed by atoms with van der Waals surface area (Å²) in [6, 6.07) is 14.8. The standard InChI is InChI=1S/C17H22N2/c1-4-19(17-7-5-6-13(2)10-17)12-15-11-16(18)9-8-14(15)3/h5-11H,4,12,18H2,1-3H3. The minimum atomic E-state index is 0.834. The normalized spacial score (nSPS) is 10.5. The van der Waals surface area contributed by atoms with Gasteiger partial charge in [0.15, 0.2) is 0 Å². The van der Waals surface area contributed by atoms with Gasteiger partial charge in [-0.1, -0.05) is 18.2 Å². The number of benzene rings is 2. The van der Waals surface area contributed by atoms with Gasteiger partial charge in [0.2, 0.25) is 0 Å². The zero-order valence-corrected chi connectivity index (χ0v) is 12.0. The van der Waals surface area contributed by atoms with Crippen LogP contribution in [0.4, 0.5) is 11.4 Å². The number of rotatable bonds is 4. The molecule has 2 N–H and O–H groups in total. The van der Waals surface area contributed by atoms with Gasteiger partial charge in [0, 0.05) is 24.5 Å². The highest BCUT2D eigenvalue weighted by atomic mass is 15.1. The van der Waals surface area contributed by atoms with Crippen LogP contribution in [0.2, 0.25) is 0 Å². The van der Waals surface area contributed by atoms with Gasteiger partial charge in [-0.2, -0.15) is 0 Å². The van der Waals surface area contributed by atoms with Crippen LogP contribution < -0.4 is 10.6 Å². The Labute approximate surface area is 115 Å². The van der Waals surface area contributed by atoms with E-state index in [9.17, 15) is 0 Å². The van der Waals surface area contributed by atoms with Crippen molar-refractivity contribution in [3.05, 3.63) is 59.2 Å². The van der Waals surface area contributed by atoms with Crippen LogP contribution in [0.15, 0.2) is 42.5 Å². The van der Waals surface area contributed by atoms with E-state index in [1.807, 2.05) is 6.07 Å². The summed E-state index contributed by atoms with van der Waals surface area (Å²) in [6.45, 7) is 8.33. The van der Waals surface area contributed by atoms with E-state index in [-0.39, 0.29) is 0 Å². The zero-order valence-electron chi connectivity index (χ0n) is 12.0. The van der Waals surface area contributed by atoms with Crippen molar-refractivity contribution >= 4 is 11.4 Å². The first kappa shape index (κ1) is 13.5. The molecular weight excluding hydrogens is 232 g/mol. The highest BCUT2D eigenvalue weighted by Crippen LogP contribution is 2.21. The molecule has 0 aromatic heterocycles. The highest BCUT2D eigenvalue weighted by molar-refractivity contribution is 5.51. The molecule has 100 valence electrons. The first-order valence-electron chi connectivity index (χ1n) is 6.76. The van der Waals surface area contributed by atoms with Gasteiger partial charge in [0.25, 0.3) is 0 Å². The van der Waals surface area contributed by atoms with E-state index in [0.29, 0.717) is 0 Å². The lowest BCUT2D eigenvalue weighted by Crippen LogP contribution is -2.22. The van der Waals surface area contributed by atoms with Gasteiger partial charge < -0.3 is 10.6 Å². The molecule has 0 atom stereocenters. The number of aryl methyl sites for hydroxylation is 2. The average Bonchev–Trinajstić information content (AvgIpc) is 2.39. The van der Waals surface area contributed by atoms with Gasteiger partial charge in [0.1, 0.15) is 0 Å². The van der Waals surface area contributed by atoms with Crippen LogP contribution in [0.5, 0.6) is 0 Å². The third-order valence-electron chi connectivity index (χ3n) is 3.48. The predicted molar refractivity (Wildman–Crippen MR) is 83.5 cm³/mol. The second-order valence-corrected chi connectivity index (χ2v) is 5.04. The largest absolute Gasteiger partial charge is 0.399 e. The number of anilines is 2. The van der Waals surface area contributed by atoms with Crippen molar-refractivity contribution in [1.82, 2.24) is 0 Å². The Hall–Kier alpha value is -1.96. The maximum Gasteiger partial charge on any atom is 0.0432 e. The molecule has 0 unspecified atom stereocenters. The van der Waals surface area contributed by atoms with Gasteiger partial charge in [-0.25, -0.2) is 0 Å². The van der Waals surface area contributed by atoms with E-state index in [2.05, 4.69) is 62.1 Å². The van der Waals surface area contributed by atoms with Gasteiger partial charge in [-0.3, -0.25) is 0 Å². The quantitative estimate of drug-likeness (QED) is 0.838. The number of nitrogens with two attached hydrogens (primary N) is 1. The molecule has 0 heterocycles. The van der Waals surface area contributed by atoms with E-state index in [1.54, 1.807) is 0 Å². The maximum atomic E-state index is 5.89. The van der Waals surface area contributed by atoms with Crippen molar-refractivity contribution in [2.45, 2.75) is 27.3 Å². The van der Waals surface area contributed by atoms with Crippen molar-refractivity contribution in [3.63, 3.8) is 0 Å². The van der Waals surface area contributed by atoms with Gasteiger partial charge >= 0.3 is 0 Å². The van der Waals surface area contributed by atoms with Crippen LogP contribution in [0.1, 0.15) is 23.6 Å². The topological polar surface area (TPSA) is 29.3 Å². The molecule has 19 heavy (non-hydrogen) atoms. The highest BCUT2D eigenvalue weighted by Gasteiger charge is 2.07. The molecule has 0 amide bonds. The van der Waals surface area contributed by atoms with Crippen molar-refractivity contribution in [1.29, 1.82) is 0 Å². The lowest BCUT2D eigenvalue weighted by molar-refractivity contribution is 0.827. The molecule has 0 saturated carbocycles. The summed E-state index contributed by atoms with van der Waals surface area (Å²) in [5.74, 6) is 0. The zero-order chi connectivity index (χ0) is 13.8. The Kier molecular flexibility index (Phi) is 4.10. The van der Waals surface area contributed by atoms with Crippen molar-refractivity contribution in [2.75, 3.05) is 17.2 Å². The fourth-order valence-corrected chi connectivity index (χ4v) is 2.28. The fraction of sp³-hybridized carbons (Fsp3) is 0.294. The first-order chi connectivity index (χ1) is 9.10. The van der Waals surface area contributed by atoms with Crippen LogP contribution in [0, 0.1) is 13.8 Å². The molecule has 0 bridgehead atoms. The Morgan fingerprint density at radius 3 is 2.53 bits per heavy atom. The van der Waals surface area contributed by atoms with E-state index >= 15 is 0 Å². The summed E-state index contributed by atoms with van der Waals surface area (Å²) in [7, 11) is 0. The summed E-state index contributed by atoms with van der Waals surface area (Å²) < 4.78 is 0. The van der Waals surface area contributed by atoms with E-state index in [0.717, 1.165) is 18.8 Å². The molecule has 2 nitrogen and oxygen atoms in total. The van der Waals surface area contributed by atoms with E-state index in [4.69, 9.17) is 5.73 Å².